The van der Waals surface area contributed by atoms with E-state index in [2.05, 4.69) is 20.8 Å². The van der Waals surface area contributed by atoms with Crippen molar-refractivity contribution in [2.45, 2.75) is 61.4 Å². The van der Waals surface area contributed by atoms with Crippen LogP contribution in [0.15, 0.2) is 4.34 Å². The van der Waals surface area contributed by atoms with E-state index in [-0.39, 0.29) is 11.9 Å². The van der Waals surface area contributed by atoms with E-state index in [0.29, 0.717) is 11.8 Å². The number of carbonyl (C=O) groups excluding carboxylic acids is 1. The van der Waals surface area contributed by atoms with E-state index in [4.69, 9.17) is 4.74 Å². The standard InChI is InChI=1S/C15H24N4O2S2/c20-13(16-12-6-8-21-9-7-12)10-22-15-19-18-14(23-15)17-11-4-2-1-3-5-11/h11-12H,1-10H2,(H,16,20)(H,17,18). The van der Waals surface area contributed by atoms with Gasteiger partial charge in [-0.2, -0.15) is 0 Å². The molecule has 23 heavy (non-hydrogen) atoms. The van der Waals surface area contributed by atoms with Crippen LogP contribution in [0.4, 0.5) is 5.13 Å². The van der Waals surface area contributed by atoms with Gasteiger partial charge in [-0.3, -0.25) is 4.79 Å². The van der Waals surface area contributed by atoms with E-state index in [1.54, 1.807) is 11.3 Å². The number of nitrogens with zero attached hydrogens (tertiary/aromatic N) is 2. The fourth-order valence-electron chi connectivity index (χ4n) is 2.99. The van der Waals surface area contributed by atoms with E-state index in [0.717, 1.165) is 35.5 Å². The molecule has 0 atom stereocenters. The largest absolute Gasteiger partial charge is 0.381 e. The predicted molar refractivity (Wildman–Crippen MR) is 93.1 cm³/mol. The highest BCUT2D eigenvalue weighted by atomic mass is 32.2. The molecule has 0 radical (unpaired) electrons. The van der Waals surface area contributed by atoms with Gasteiger partial charge >= 0.3 is 0 Å². The Morgan fingerprint density at radius 1 is 1.13 bits per heavy atom. The fraction of sp³-hybridized carbons (Fsp3) is 0.800. The lowest BCUT2D eigenvalue weighted by Crippen LogP contribution is -2.39. The first-order valence-corrected chi connectivity index (χ1v) is 10.2. The van der Waals surface area contributed by atoms with Crippen LogP contribution in [-0.4, -0.2) is 47.2 Å². The predicted octanol–water partition coefficient (Wildman–Crippen LogP) is 2.67. The van der Waals surface area contributed by atoms with Gasteiger partial charge in [0.05, 0.1) is 5.75 Å². The number of ether oxygens (including phenoxy) is 1. The highest BCUT2D eigenvalue weighted by Gasteiger charge is 2.18. The zero-order valence-corrected chi connectivity index (χ0v) is 14.9. The number of anilines is 1. The van der Waals surface area contributed by atoms with Crippen LogP contribution in [0.2, 0.25) is 0 Å². The van der Waals surface area contributed by atoms with Crippen LogP contribution >= 0.6 is 23.1 Å². The zero-order valence-electron chi connectivity index (χ0n) is 13.3. The van der Waals surface area contributed by atoms with Gasteiger partial charge in [-0.25, -0.2) is 0 Å². The van der Waals surface area contributed by atoms with Crippen molar-refractivity contribution in [1.82, 2.24) is 15.5 Å². The summed E-state index contributed by atoms with van der Waals surface area (Å²) in [7, 11) is 0. The maximum Gasteiger partial charge on any atom is 0.230 e. The average molecular weight is 357 g/mol. The number of aromatic nitrogens is 2. The summed E-state index contributed by atoms with van der Waals surface area (Å²) in [6.45, 7) is 1.48. The molecule has 1 saturated carbocycles. The SMILES string of the molecule is O=C(CSc1nnc(NC2CCCCC2)s1)NC1CCOCC1. The third-order valence-corrected chi connectivity index (χ3v) is 6.24. The first-order chi connectivity index (χ1) is 11.3. The van der Waals surface area contributed by atoms with Crippen LogP contribution in [0.3, 0.4) is 0 Å². The van der Waals surface area contributed by atoms with E-state index in [9.17, 15) is 4.79 Å². The highest BCUT2D eigenvalue weighted by molar-refractivity contribution is 8.01. The summed E-state index contributed by atoms with van der Waals surface area (Å²) in [6.07, 6.45) is 8.19. The molecule has 2 heterocycles. The number of hydrogen-bond acceptors (Lipinski definition) is 7. The Labute approximate surface area is 145 Å². The third kappa shape index (κ3) is 5.61. The highest BCUT2D eigenvalue weighted by Crippen LogP contribution is 2.28. The van der Waals surface area contributed by atoms with Crippen LogP contribution in [0.5, 0.6) is 0 Å². The molecular weight excluding hydrogens is 332 g/mol. The Morgan fingerprint density at radius 2 is 1.91 bits per heavy atom. The van der Waals surface area contributed by atoms with Crippen LogP contribution in [0.25, 0.3) is 0 Å². The first-order valence-electron chi connectivity index (χ1n) is 8.39. The van der Waals surface area contributed by atoms with Gasteiger partial charge in [0.25, 0.3) is 0 Å². The first kappa shape index (κ1) is 17.0. The van der Waals surface area contributed by atoms with Crippen LogP contribution < -0.4 is 10.6 Å². The zero-order chi connectivity index (χ0) is 15.9. The van der Waals surface area contributed by atoms with E-state index < -0.39 is 0 Å². The summed E-state index contributed by atoms with van der Waals surface area (Å²) in [6, 6.07) is 0.793. The molecule has 1 aromatic heterocycles. The Morgan fingerprint density at radius 3 is 2.70 bits per heavy atom. The Bertz CT molecular complexity index is 499. The molecule has 0 spiro atoms. The number of hydrogen-bond donors (Lipinski definition) is 2. The number of thioether (sulfide) groups is 1. The monoisotopic (exact) mass is 356 g/mol. The van der Waals surface area contributed by atoms with Gasteiger partial charge in [-0.1, -0.05) is 42.4 Å². The van der Waals surface area contributed by atoms with E-state index in [1.165, 1.54) is 43.9 Å². The summed E-state index contributed by atoms with van der Waals surface area (Å²) in [5, 5.41) is 15.8. The van der Waals surface area contributed by atoms with Gasteiger partial charge < -0.3 is 15.4 Å². The van der Waals surface area contributed by atoms with Gasteiger partial charge in [-0.15, -0.1) is 10.2 Å². The lowest BCUT2D eigenvalue weighted by molar-refractivity contribution is -0.119. The van der Waals surface area contributed by atoms with Crippen molar-refractivity contribution >= 4 is 34.1 Å². The van der Waals surface area contributed by atoms with Crippen molar-refractivity contribution in [1.29, 1.82) is 0 Å². The summed E-state index contributed by atoms with van der Waals surface area (Å²) in [5.74, 6) is 0.467. The second kappa shape index (κ2) is 8.84. The van der Waals surface area contributed by atoms with Gasteiger partial charge in [0, 0.05) is 25.3 Å². The molecule has 2 N–H and O–H groups in total. The summed E-state index contributed by atoms with van der Waals surface area (Å²) in [4.78, 5) is 12.0. The Balaban J connectivity index is 1.38. The van der Waals surface area contributed by atoms with E-state index >= 15 is 0 Å². The molecular formula is C15H24N4O2S2. The molecule has 1 saturated heterocycles. The normalized spacial score (nSPS) is 20.3. The maximum absolute atomic E-state index is 12.0. The van der Waals surface area contributed by atoms with Crippen molar-refractivity contribution in [3.63, 3.8) is 0 Å². The summed E-state index contributed by atoms with van der Waals surface area (Å²) < 4.78 is 6.15. The molecule has 6 nitrogen and oxygen atoms in total. The molecule has 3 rings (SSSR count). The molecule has 1 amide bonds. The third-order valence-electron chi connectivity index (χ3n) is 4.25. The number of amides is 1. The molecule has 2 aliphatic rings. The molecule has 1 aliphatic heterocycles. The fourth-order valence-corrected chi connectivity index (χ4v) is 4.63. The van der Waals surface area contributed by atoms with Gasteiger partial charge in [0.2, 0.25) is 11.0 Å². The number of nitrogens with one attached hydrogen (secondary N) is 2. The minimum absolute atomic E-state index is 0.0684. The molecule has 2 fully saturated rings. The lowest BCUT2D eigenvalue weighted by atomic mass is 9.96. The molecule has 8 heteroatoms. The molecule has 1 aliphatic carbocycles. The number of rotatable bonds is 6. The maximum atomic E-state index is 12.0. The van der Waals surface area contributed by atoms with E-state index in [1.807, 2.05) is 0 Å². The van der Waals surface area contributed by atoms with Crippen molar-refractivity contribution in [3.05, 3.63) is 0 Å². The van der Waals surface area contributed by atoms with Crippen LogP contribution in [0.1, 0.15) is 44.9 Å². The number of carbonyl (C=O) groups is 1. The molecule has 0 aromatic carbocycles. The molecule has 0 unspecified atom stereocenters. The van der Waals surface area contributed by atoms with Crippen molar-refractivity contribution in [3.8, 4) is 0 Å². The minimum Gasteiger partial charge on any atom is -0.381 e. The topological polar surface area (TPSA) is 76.1 Å². The smallest absolute Gasteiger partial charge is 0.230 e. The second-order valence-electron chi connectivity index (χ2n) is 6.10. The van der Waals surface area contributed by atoms with Gasteiger partial charge in [0.1, 0.15) is 0 Å². The van der Waals surface area contributed by atoms with Crippen molar-refractivity contribution < 1.29 is 9.53 Å². The lowest BCUT2D eigenvalue weighted by Gasteiger charge is -2.22. The van der Waals surface area contributed by atoms with Crippen molar-refractivity contribution in [2.24, 2.45) is 0 Å². The Hall–Kier alpha value is -0.860. The van der Waals surface area contributed by atoms with Crippen LogP contribution in [0, 0.1) is 0 Å². The molecule has 128 valence electrons. The second-order valence-corrected chi connectivity index (χ2v) is 8.30. The summed E-state index contributed by atoms with van der Waals surface area (Å²) >= 11 is 3.01. The summed E-state index contributed by atoms with van der Waals surface area (Å²) in [5.41, 5.74) is 0. The van der Waals surface area contributed by atoms with Crippen molar-refractivity contribution in [2.75, 3.05) is 24.3 Å². The molecule has 1 aromatic rings. The van der Waals surface area contributed by atoms with Gasteiger partial charge in [0.15, 0.2) is 4.34 Å². The average Bonchev–Trinajstić information content (AvgIpc) is 3.02. The van der Waals surface area contributed by atoms with Crippen LogP contribution in [-0.2, 0) is 9.53 Å². The quantitative estimate of drug-likeness (QED) is 0.763. The molecule has 0 bridgehead atoms. The minimum atomic E-state index is 0.0684. The van der Waals surface area contributed by atoms with Gasteiger partial charge in [-0.05, 0) is 25.7 Å². The Kier molecular flexibility index (Phi) is 6.53.